The van der Waals surface area contributed by atoms with Gasteiger partial charge in [-0.3, -0.25) is 4.79 Å². The van der Waals surface area contributed by atoms with Crippen LogP contribution in [0.25, 0.3) is 0 Å². The van der Waals surface area contributed by atoms with Crippen LogP contribution in [0.5, 0.6) is 11.5 Å². The number of ketones is 1. The third kappa shape index (κ3) is 2.17. The number of phenols is 2. The van der Waals surface area contributed by atoms with Crippen molar-refractivity contribution in [2.45, 2.75) is 12.3 Å². The molecule has 0 atom stereocenters. The molecule has 0 fully saturated rings. The number of rotatable bonds is 2. The molecule has 0 amide bonds. The van der Waals surface area contributed by atoms with Gasteiger partial charge in [-0.25, -0.2) is 0 Å². The smallest absolute Gasteiger partial charge is 0.201 e. The van der Waals surface area contributed by atoms with Gasteiger partial charge in [0, 0.05) is 5.92 Å². The first-order valence-corrected chi connectivity index (χ1v) is 7.89. The predicted octanol–water partition coefficient (Wildman–Crippen LogP) is 4.02. The third-order valence-electron chi connectivity index (χ3n) is 4.64. The van der Waals surface area contributed by atoms with Gasteiger partial charge in [-0.05, 0) is 35.2 Å². The van der Waals surface area contributed by atoms with Gasteiger partial charge in [0.2, 0.25) is 5.78 Å². The second kappa shape index (κ2) is 5.53. The molecule has 24 heavy (non-hydrogen) atoms. The SMILES string of the molecule is O=C1c2c(O)cccc2C(Cc2ccccc2)c2cccc(O)c21. The Morgan fingerprint density at radius 1 is 0.708 bits per heavy atom. The molecule has 0 aliphatic heterocycles. The lowest BCUT2D eigenvalue weighted by atomic mass is 9.74. The number of hydrogen-bond acceptors (Lipinski definition) is 3. The zero-order chi connectivity index (χ0) is 16.7. The molecule has 2 N–H and O–H groups in total. The third-order valence-corrected chi connectivity index (χ3v) is 4.64. The maximum absolute atomic E-state index is 12.8. The summed E-state index contributed by atoms with van der Waals surface area (Å²) in [5.41, 5.74) is 3.35. The van der Waals surface area contributed by atoms with Crippen LogP contribution >= 0.6 is 0 Å². The zero-order valence-corrected chi connectivity index (χ0v) is 12.9. The summed E-state index contributed by atoms with van der Waals surface area (Å²) < 4.78 is 0. The molecule has 0 radical (unpaired) electrons. The standard InChI is InChI=1S/C21H16O3/c22-17-10-4-8-14-16(12-13-6-2-1-3-7-13)15-9-5-11-18(23)20(15)21(24)19(14)17/h1-11,16,22-23H,12H2. The molecule has 0 saturated carbocycles. The van der Waals surface area contributed by atoms with Crippen LogP contribution in [0.2, 0.25) is 0 Å². The van der Waals surface area contributed by atoms with E-state index < -0.39 is 0 Å². The molecule has 3 nitrogen and oxygen atoms in total. The van der Waals surface area contributed by atoms with E-state index in [2.05, 4.69) is 0 Å². The molecule has 3 aromatic rings. The van der Waals surface area contributed by atoms with Crippen LogP contribution in [0.1, 0.15) is 38.5 Å². The first-order chi connectivity index (χ1) is 11.7. The van der Waals surface area contributed by atoms with Crippen LogP contribution in [-0.4, -0.2) is 16.0 Å². The van der Waals surface area contributed by atoms with Crippen LogP contribution in [0.3, 0.4) is 0 Å². The minimum absolute atomic E-state index is 0.0375. The molecule has 0 bridgehead atoms. The fourth-order valence-corrected chi connectivity index (χ4v) is 3.55. The quantitative estimate of drug-likeness (QED) is 0.751. The molecular weight excluding hydrogens is 300 g/mol. The Labute approximate surface area is 139 Å². The number of phenolic OH excluding ortho intramolecular Hbond substituents is 2. The van der Waals surface area contributed by atoms with Crippen molar-refractivity contribution in [1.82, 2.24) is 0 Å². The molecule has 0 aromatic heterocycles. The summed E-state index contributed by atoms with van der Waals surface area (Å²) in [5, 5.41) is 20.4. The van der Waals surface area contributed by atoms with E-state index in [1.807, 2.05) is 42.5 Å². The van der Waals surface area contributed by atoms with Crippen LogP contribution in [-0.2, 0) is 6.42 Å². The van der Waals surface area contributed by atoms with Gasteiger partial charge in [0.25, 0.3) is 0 Å². The van der Waals surface area contributed by atoms with Crippen molar-refractivity contribution in [2.75, 3.05) is 0 Å². The van der Waals surface area contributed by atoms with E-state index in [4.69, 9.17) is 0 Å². The second-order valence-electron chi connectivity index (χ2n) is 6.05. The van der Waals surface area contributed by atoms with Gasteiger partial charge in [0.15, 0.2) is 0 Å². The molecule has 3 aromatic carbocycles. The second-order valence-corrected chi connectivity index (χ2v) is 6.05. The van der Waals surface area contributed by atoms with Crippen molar-refractivity contribution in [3.8, 4) is 11.5 Å². The topological polar surface area (TPSA) is 57.5 Å². The minimum atomic E-state index is -0.319. The summed E-state index contributed by atoms with van der Waals surface area (Å²) in [5.74, 6) is -0.483. The fourth-order valence-electron chi connectivity index (χ4n) is 3.55. The van der Waals surface area contributed by atoms with E-state index in [0.29, 0.717) is 17.5 Å². The van der Waals surface area contributed by atoms with Crippen molar-refractivity contribution < 1.29 is 15.0 Å². The monoisotopic (exact) mass is 316 g/mol. The van der Waals surface area contributed by atoms with Crippen LogP contribution in [0.4, 0.5) is 0 Å². The number of carbonyl (C=O) groups excluding carboxylic acids is 1. The summed E-state index contributed by atoms with van der Waals surface area (Å²) in [7, 11) is 0. The highest BCUT2D eigenvalue weighted by molar-refractivity contribution is 6.15. The number of benzene rings is 3. The van der Waals surface area contributed by atoms with Gasteiger partial charge in [-0.2, -0.15) is 0 Å². The lowest BCUT2D eigenvalue weighted by Gasteiger charge is -2.28. The lowest BCUT2D eigenvalue weighted by Crippen LogP contribution is -2.21. The fraction of sp³-hybridized carbons (Fsp3) is 0.0952. The predicted molar refractivity (Wildman–Crippen MR) is 91.6 cm³/mol. The van der Waals surface area contributed by atoms with Gasteiger partial charge in [-0.1, -0.05) is 54.6 Å². The minimum Gasteiger partial charge on any atom is -0.507 e. The highest BCUT2D eigenvalue weighted by atomic mass is 16.3. The summed E-state index contributed by atoms with van der Waals surface area (Å²) in [4.78, 5) is 12.8. The summed E-state index contributed by atoms with van der Waals surface area (Å²) in [6.45, 7) is 0. The molecule has 118 valence electrons. The molecule has 0 heterocycles. The highest BCUT2D eigenvalue weighted by Gasteiger charge is 2.34. The van der Waals surface area contributed by atoms with E-state index in [-0.39, 0.29) is 23.2 Å². The maximum atomic E-state index is 12.8. The van der Waals surface area contributed by atoms with Crippen molar-refractivity contribution in [1.29, 1.82) is 0 Å². The van der Waals surface area contributed by atoms with E-state index in [0.717, 1.165) is 16.7 Å². The molecule has 1 aliphatic carbocycles. The van der Waals surface area contributed by atoms with Crippen molar-refractivity contribution in [3.05, 3.63) is 94.5 Å². The normalized spacial score (nSPS) is 13.4. The zero-order valence-electron chi connectivity index (χ0n) is 12.9. The Hall–Kier alpha value is -3.07. The van der Waals surface area contributed by atoms with Gasteiger partial charge in [-0.15, -0.1) is 0 Å². The van der Waals surface area contributed by atoms with E-state index in [1.165, 1.54) is 12.1 Å². The Balaban J connectivity index is 1.94. The average molecular weight is 316 g/mol. The molecule has 4 rings (SSSR count). The van der Waals surface area contributed by atoms with E-state index >= 15 is 0 Å². The van der Waals surface area contributed by atoms with Crippen LogP contribution in [0.15, 0.2) is 66.7 Å². The van der Waals surface area contributed by atoms with Crippen molar-refractivity contribution in [3.63, 3.8) is 0 Å². The van der Waals surface area contributed by atoms with Crippen molar-refractivity contribution in [2.24, 2.45) is 0 Å². The molecule has 0 unspecified atom stereocenters. The van der Waals surface area contributed by atoms with Gasteiger partial charge < -0.3 is 10.2 Å². The first kappa shape index (κ1) is 14.5. The number of aromatic hydroxyl groups is 2. The van der Waals surface area contributed by atoms with Crippen LogP contribution in [0, 0.1) is 0 Å². The summed E-state index contributed by atoms with van der Waals surface area (Å²) in [6, 6.07) is 20.3. The Kier molecular flexibility index (Phi) is 3.35. The van der Waals surface area contributed by atoms with E-state index in [9.17, 15) is 15.0 Å². The maximum Gasteiger partial charge on any atom is 0.201 e. The van der Waals surface area contributed by atoms with Crippen molar-refractivity contribution >= 4 is 5.78 Å². The molecule has 1 aliphatic rings. The first-order valence-electron chi connectivity index (χ1n) is 7.89. The summed E-state index contributed by atoms with van der Waals surface area (Å²) in [6.07, 6.45) is 0.695. The summed E-state index contributed by atoms with van der Waals surface area (Å²) >= 11 is 0. The molecule has 3 heteroatoms. The van der Waals surface area contributed by atoms with Crippen LogP contribution < -0.4 is 0 Å². The van der Waals surface area contributed by atoms with Gasteiger partial charge in [0.05, 0.1) is 11.1 Å². The average Bonchev–Trinajstić information content (AvgIpc) is 2.59. The van der Waals surface area contributed by atoms with E-state index in [1.54, 1.807) is 12.1 Å². The largest absolute Gasteiger partial charge is 0.507 e. The molecule has 0 saturated heterocycles. The van der Waals surface area contributed by atoms with Gasteiger partial charge in [0.1, 0.15) is 11.5 Å². The highest BCUT2D eigenvalue weighted by Crippen LogP contribution is 2.44. The Morgan fingerprint density at radius 3 is 1.79 bits per heavy atom. The lowest BCUT2D eigenvalue weighted by molar-refractivity contribution is 0.102. The Morgan fingerprint density at radius 2 is 1.25 bits per heavy atom. The Bertz CT molecular complexity index is 874. The van der Waals surface area contributed by atoms with Gasteiger partial charge >= 0.3 is 0 Å². The molecule has 0 spiro atoms. The molecular formula is C21H16O3. The number of carbonyl (C=O) groups is 1. The number of hydrogen-bond donors (Lipinski definition) is 2. The number of fused-ring (bicyclic) bond motifs is 2.